The standard InChI is InChI=1S/C21H20BrNO6/c1-28-15-8-5-13(11-16(15)29-2)18-17(20(26)21(27)23(18)9-10-24)19(25)12-3-6-14(22)7-4-12/h3-8,11,18,24-25H,9-10H2,1-2H3/t18-/m0/s1. The molecule has 0 unspecified atom stereocenters. The van der Waals surface area contributed by atoms with E-state index >= 15 is 0 Å². The highest BCUT2D eigenvalue weighted by atomic mass is 79.9. The van der Waals surface area contributed by atoms with Gasteiger partial charge in [-0.3, -0.25) is 9.59 Å². The minimum Gasteiger partial charge on any atom is -0.507 e. The van der Waals surface area contributed by atoms with Gasteiger partial charge in [-0.15, -0.1) is 0 Å². The molecule has 1 amide bonds. The molecule has 3 rings (SSSR count). The number of carbonyl (C=O) groups is 2. The van der Waals surface area contributed by atoms with E-state index in [1.165, 1.54) is 19.1 Å². The molecule has 29 heavy (non-hydrogen) atoms. The van der Waals surface area contributed by atoms with Crippen molar-refractivity contribution in [3.8, 4) is 11.5 Å². The Kier molecular flexibility index (Phi) is 6.24. The van der Waals surface area contributed by atoms with Crippen LogP contribution in [0.2, 0.25) is 0 Å². The van der Waals surface area contributed by atoms with Gasteiger partial charge in [0.1, 0.15) is 5.76 Å². The topological polar surface area (TPSA) is 96.3 Å². The maximum absolute atomic E-state index is 12.8. The molecule has 0 aliphatic carbocycles. The number of methoxy groups -OCH3 is 2. The van der Waals surface area contributed by atoms with E-state index in [0.717, 1.165) is 4.47 Å². The van der Waals surface area contributed by atoms with Crippen molar-refractivity contribution < 1.29 is 29.3 Å². The summed E-state index contributed by atoms with van der Waals surface area (Å²) in [5.41, 5.74) is 0.910. The molecule has 1 heterocycles. The maximum Gasteiger partial charge on any atom is 0.295 e. The SMILES string of the molecule is COc1ccc([C@H]2C(=C(O)c3ccc(Br)cc3)C(=O)C(=O)N2CCO)cc1OC. The van der Waals surface area contributed by atoms with Crippen molar-refractivity contribution >= 4 is 33.4 Å². The summed E-state index contributed by atoms with van der Waals surface area (Å²) in [6.07, 6.45) is 0. The quantitative estimate of drug-likeness (QED) is 0.390. The first-order chi connectivity index (χ1) is 13.9. The second-order valence-corrected chi connectivity index (χ2v) is 7.25. The number of likely N-dealkylation sites (tertiary alicyclic amines) is 1. The van der Waals surface area contributed by atoms with Gasteiger partial charge in [-0.1, -0.05) is 34.1 Å². The van der Waals surface area contributed by atoms with Crippen LogP contribution >= 0.6 is 15.9 Å². The third-order valence-electron chi connectivity index (χ3n) is 4.72. The molecule has 2 aromatic carbocycles. The molecule has 1 fully saturated rings. The van der Waals surface area contributed by atoms with Crippen LogP contribution < -0.4 is 9.47 Å². The van der Waals surface area contributed by atoms with Crippen molar-refractivity contribution in [2.75, 3.05) is 27.4 Å². The van der Waals surface area contributed by atoms with E-state index in [1.54, 1.807) is 42.5 Å². The van der Waals surface area contributed by atoms with Crippen LogP contribution in [0.25, 0.3) is 5.76 Å². The minimum atomic E-state index is -0.870. The van der Waals surface area contributed by atoms with E-state index in [1.807, 2.05) is 0 Å². The lowest BCUT2D eigenvalue weighted by atomic mass is 9.95. The van der Waals surface area contributed by atoms with E-state index in [9.17, 15) is 19.8 Å². The van der Waals surface area contributed by atoms with Gasteiger partial charge >= 0.3 is 0 Å². The number of carbonyl (C=O) groups excluding carboxylic acids is 2. The molecule has 1 saturated heterocycles. The minimum absolute atomic E-state index is 0.0435. The van der Waals surface area contributed by atoms with Gasteiger partial charge in [-0.2, -0.15) is 0 Å². The highest BCUT2D eigenvalue weighted by Crippen LogP contribution is 2.41. The number of rotatable bonds is 6. The Balaban J connectivity index is 2.20. The van der Waals surface area contributed by atoms with Crippen molar-refractivity contribution in [3.05, 3.63) is 63.6 Å². The first-order valence-electron chi connectivity index (χ1n) is 8.80. The molecule has 152 valence electrons. The maximum atomic E-state index is 12.8. The molecule has 0 spiro atoms. The fourth-order valence-electron chi connectivity index (χ4n) is 3.35. The summed E-state index contributed by atoms with van der Waals surface area (Å²) in [5.74, 6) is -0.960. The molecule has 0 aromatic heterocycles. The zero-order chi connectivity index (χ0) is 21.1. The van der Waals surface area contributed by atoms with Crippen LogP contribution in [0.3, 0.4) is 0 Å². The van der Waals surface area contributed by atoms with Crippen molar-refractivity contribution in [3.63, 3.8) is 0 Å². The Morgan fingerprint density at radius 2 is 1.72 bits per heavy atom. The highest BCUT2D eigenvalue weighted by Gasteiger charge is 2.46. The van der Waals surface area contributed by atoms with Gasteiger partial charge in [-0.25, -0.2) is 0 Å². The molecule has 0 saturated carbocycles. The van der Waals surface area contributed by atoms with Gasteiger partial charge in [0.05, 0.1) is 32.4 Å². The van der Waals surface area contributed by atoms with E-state index < -0.39 is 17.7 Å². The summed E-state index contributed by atoms with van der Waals surface area (Å²) in [7, 11) is 2.98. The number of aliphatic hydroxyl groups is 2. The fraction of sp³-hybridized carbons (Fsp3) is 0.238. The van der Waals surface area contributed by atoms with Crippen molar-refractivity contribution in [2.24, 2.45) is 0 Å². The average Bonchev–Trinajstić information content (AvgIpc) is 2.98. The van der Waals surface area contributed by atoms with Crippen LogP contribution in [0.15, 0.2) is 52.5 Å². The lowest BCUT2D eigenvalue weighted by Crippen LogP contribution is -2.32. The van der Waals surface area contributed by atoms with Crippen LogP contribution in [-0.4, -0.2) is 54.2 Å². The molecule has 1 aliphatic rings. The van der Waals surface area contributed by atoms with Gasteiger partial charge in [0.25, 0.3) is 11.7 Å². The zero-order valence-corrected chi connectivity index (χ0v) is 17.5. The number of benzene rings is 2. The summed E-state index contributed by atoms with van der Waals surface area (Å²) >= 11 is 3.33. The summed E-state index contributed by atoms with van der Waals surface area (Å²) in [4.78, 5) is 26.6. The lowest BCUT2D eigenvalue weighted by Gasteiger charge is -2.25. The molecule has 1 aliphatic heterocycles. The monoisotopic (exact) mass is 461 g/mol. The molecule has 0 bridgehead atoms. The Morgan fingerprint density at radius 3 is 2.31 bits per heavy atom. The number of nitrogens with zero attached hydrogens (tertiary/aromatic N) is 1. The summed E-state index contributed by atoms with van der Waals surface area (Å²) in [6.45, 7) is -0.379. The third kappa shape index (κ3) is 3.86. The first-order valence-corrected chi connectivity index (χ1v) is 9.59. The van der Waals surface area contributed by atoms with Gasteiger partial charge in [0.2, 0.25) is 0 Å². The van der Waals surface area contributed by atoms with Crippen molar-refractivity contribution in [1.82, 2.24) is 4.90 Å². The molecule has 8 heteroatoms. The number of Topliss-reactive ketones (excluding diaryl/α,β-unsaturated/α-hetero) is 1. The second kappa shape index (κ2) is 8.67. The Labute approximate surface area is 176 Å². The number of halogens is 1. The summed E-state index contributed by atoms with van der Waals surface area (Å²) in [5, 5.41) is 20.3. The van der Waals surface area contributed by atoms with Crippen LogP contribution in [0.1, 0.15) is 17.2 Å². The summed E-state index contributed by atoms with van der Waals surface area (Å²) < 4.78 is 11.4. The van der Waals surface area contributed by atoms with Gasteiger partial charge in [-0.05, 0) is 29.8 Å². The van der Waals surface area contributed by atoms with Crippen LogP contribution in [0, 0.1) is 0 Å². The average molecular weight is 462 g/mol. The smallest absolute Gasteiger partial charge is 0.295 e. The highest BCUT2D eigenvalue weighted by molar-refractivity contribution is 9.10. The van der Waals surface area contributed by atoms with Gasteiger partial charge in [0, 0.05) is 16.6 Å². The molecular weight excluding hydrogens is 442 g/mol. The number of aliphatic hydroxyl groups excluding tert-OH is 2. The van der Waals surface area contributed by atoms with E-state index in [2.05, 4.69) is 15.9 Å². The fourth-order valence-corrected chi connectivity index (χ4v) is 3.62. The van der Waals surface area contributed by atoms with Crippen LogP contribution in [-0.2, 0) is 9.59 Å². The zero-order valence-electron chi connectivity index (χ0n) is 15.9. The largest absolute Gasteiger partial charge is 0.507 e. The predicted molar refractivity (Wildman–Crippen MR) is 110 cm³/mol. The molecular formula is C21H20BrNO6. The van der Waals surface area contributed by atoms with E-state index in [-0.39, 0.29) is 24.5 Å². The Morgan fingerprint density at radius 1 is 1.07 bits per heavy atom. The summed E-state index contributed by atoms with van der Waals surface area (Å²) in [6, 6.07) is 10.9. The normalized spacial score (nSPS) is 18.2. The number of ether oxygens (including phenoxy) is 2. The predicted octanol–water partition coefficient (Wildman–Crippen LogP) is 2.88. The molecule has 7 nitrogen and oxygen atoms in total. The van der Waals surface area contributed by atoms with Gasteiger partial charge < -0.3 is 24.6 Å². The number of β-amino-alcohol motifs (C(OH)–C–C–N with tert-alkyl or cyclic N) is 1. The van der Waals surface area contributed by atoms with Crippen LogP contribution in [0.4, 0.5) is 0 Å². The number of ketones is 1. The number of hydrogen-bond acceptors (Lipinski definition) is 6. The number of amides is 1. The van der Waals surface area contributed by atoms with E-state index in [4.69, 9.17) is 9.47 Å². The van der Waals surface area contributed by atoms with Gasteiger partial charge in [0.15, 0.2) is 11.5 Å². The second-order valence-electron chi connectivity index (χ2n) is 6.34. The molecule has 2 N–H and O–H groups in total. The Bertz CT molecular complexity index is 970. The molecule has 0 radical (unpaired) electrons. The number of hydrogen-bond donors (Lipinski definition) is 2. The van der Waals surface area contributed by atoms with Crippen LogP contribution in [0.5, 0.6) is 11.5 Å². The lowest BCUT2D eigenvalue weighted by molar-refractivity contribution is -0.140. The van der Waals surface area contributed by atoms with E-state index in [0.29, 0.717) is 22.6 Å². The molecule has 1 atom stereocenters. The van der Waals surface area contributed by atoms with Crippen molar-refractivity contribution in [1.29, 1.82) is 0 Å². The molecule has 2 aromatic rings. The Hall–Kier alpha value is -2.84. The third-order valence-corrected chi connectivity index (χ3v) is 5.25. The first kappa shape index (κ1) is 20.9. The van der Waals surface area contributed by atoms with Crippen molar-refractivity contribution in [2.45, 2.75) is 6.04 Å².